The first-order valence-corrected chi connectivity index (χ1v) is 9.40. The van der Waals surface area contributed by atoms with E-state index in [4.69, 9.17) is 11.6 Å². The van der Waals surface area contributed by atoms with Gasteiger partial charge in [-0.1, -0.05) is 23.7 Å². The van der Waals surface area contributed by atoms with E-state index < -0.39 is 0 Å². The van der Waals surface area contributed by atoms with Gasteiger partial charge >= 0.3 is 0 Å². The number of benzene rings is 1. The lowest BCUT2D eigenvalue weighted by Gasteiger charge is -2.43. The highest BCUT2D eigenvalue weighted by molar-refractivity contribution is 6.29. The van der Waals surface area contributed by atoms with E-state index in [2.05, 4.69) is 64.9 Å². The van der Waals surface area contributed by atoms with Gasteiger partial charge in [0.15, 0.2) is 5.65 Å². The Balaban J connectivity index is 1.53. The van der Waals surface area contributed by atoms with Crippen molar-refractivity contribution in [2.75, 3.05) is 31.1 Å². The molecule has 0 unspecified atom stereocenters. The minimum absolute atomic E-state index is 0.243. The minimum atomic E-state index is 0.243. The molecule has 136 valence electrons. The number of anilines is 1. The van der Waals surface area contributed by atoms with Crippen molar-refractivity contribution in [1.82, 2.24) is 19.5 Å². The van der Waals surface area contributed by atoms with Crippen LogP contribution in [0, 0.1) is 0 Å². The molecule has 1 fully saturated rings. The van der Waals surface area contributed by atoms with Crippen molar-refractivity contribution in [3.05, 3.63) is 47.7 Å². The molecule has 1 aromatic carbocycles. The largest absolute Gasteiger partial charge is 0.369 e. The van der Waals surface area contributed by atoms with E-state index in [0.29, 0.717) is 5.15 Å². The Morgan fingerprint density at radius 3 is 2.27 bits per heavy atom. The number of rotatable bonds is 2. The summed E-state index contributed by atoms with van der Waals surface area (Å²) in [6, 6.07) is 12.3. The molecule has 26 heavy (non-hydrogen) atoms. The van der Waals surface area contributed by atoms with E-state index in [1.807, 2.05) is 12.3 Å². The molecule has 0 saturated carbocycles. The molecule has 1 aliphatic rings. The fourth-order valence-electron chi connectivity index (χ4n) is 3.53. The van der Waals surface area contributed by atoms with Crippen LogP contribution in [0.15, 0.2) is 42.6 Å². The fraction of sp³-hybridized carbons (Fsp3) is 0.400. The van der Waals surface area contributed by atoms with Gasteiger partial charge in [-0.25, -0.2) is 9.50 Å². The van der Waals surface area contributed by atoms with Crippen LogP contribution in [-0.4, -0.2) is 51.2 Å². The highest BCUT2D eigenvalue weighted by atomic mass is 35.5. The van der Waals surface area contributed by atoms with Gasteiger partial charge in [-0.15, -0.1) is 0 Å². The monoisotopic (exact) mass is 369 g/mol. The Bertz CT molecular complexity index is 902. The van der Waals surface area contributed by atoms with Crippen molar-refractivity contribution in [1.29, 1.82) is 0 Å². The van der Waals surface area contributed by atoms with E-state index in [9.17, 15) is 0 Å². The van der Waals surface area contributed by atoms with Crippen LogP contribution in [0.25, 0.3) is 16.9 Å². The Kier molecular flexibility index (Phi) is 4.37. The van der Waals surface area contributed by atoms with Crippen molar-refractivity contribution in [2.45, 2.75) is 26.3 Å². The standard InChI is InChI=1S/C20H24ClN5/c1-20(2,3)25-12-10-24(11-13-25)16-6-4-15(5-7-16)17-14-22-19-9-8-18(21)23-26(17)19/h4-9,14H,10-13H2,1-3H3. The second-order valence-electron chi connectivity index (χ2n) is 7.76. The average Bonchev–Trinajstić information content (AvgIpc) is 3.04. The summed E-state index contributed by atoms with van der Waals surface area (Å²) in [4.78, 5) is 9.41. The van der Waals surface area contributed by atoms with Crippen LogP contribution in [0.5, 0.6) is 0 Å². The molecule has 4 rings (SSSR count). The smallest absolute Gasteiger partial charge is 0.154 e. The zero-order chi connectivity index (χ0) is 18.3. The Morgan fingerprint density at radius 2 is 1.62 bits per heavy atom. The number of fused-ring (bicyclic) bond motifs is 1. The highest BCUT2D eigenvalue weighted by Crippen LogP contribution is 2.26. The molecule has 1 aliphatic heterocycles. The molecule has 3 heterocycles. The molecule has 0 aliphatic carbocycles. The summed E-state index contributed by atoms with van der Waals surface area (Å²) in [5, 5.41) is 4.82. The van der Waals surface area contributed by atoms with E-state index in [-0.39, 0.29) is 5.54 Å². The van der Waals surface area contributed by atoms with E-state index in [0.717, 1.165) is 43.1 Å². The van der Waals surface area contributed by atoms with Crippen molar-refractivity contribution in [3.63, 3.8) is 0 Å². The van der Waals surface area contributed by atoms with Crippen molar-refractivity contribution < 1.29 is 0 Å². The summed E-state index contributed by atoms with van der Waals surface area (Å²) < 4.78 is 1.79. The Labute approximate surface area is 159 Å². The summed E-state index contributed by atoms with van der Waals surface area (Å²) in [7, 11) is 0. The molecule has 1 saturated heterocycles. The topological polar surface area (TPSA) is 36.7 Å². The summed E-state index contributed by atoms with van der Waals surface area (Å²) in [6.45, 7) is 11.2. The van der Waals surface area contributed by atoms with Crippen LogP contribution in [0.1, 0.15) is 20.8 Å². The Hall–Kier alpha value is -2.11. The normalized spacial score (nSPS) is 16.4. The van der Waals surface area contributed by atoms with Gasteiger partial charge in [-0.3, -0.25) is 4.90 Å². The maximum absolute atomic E-state index is 6.04. The van der Waals surface area contributed by atoms with Crippen LogP contribution in [0.2, 0.25) is 5.15 Å². The first-order valence-electron chi connectivity index (χ1n) is 9.02. The summed E-state index contributed by atoms with van der Waals surface area (Å²) in [5.41, 5.74) is 4.35. The SMILES string of the molecule is CC(C)(C)N1CCN(c2ccc(-c3cnc4ccc(Cl)nn34)cc2)CC1. The van der Waals surface area contributed by atoms with Crippen molar-refractivity contribution in [2.24, 2.45) is 0 Å². The number of nitrogens with zero attached hydrogens (tertiary/aromatic N) is 5. The third-order valence-corrected chi connectivity index (χ3v) is 5.29. The first kappa shape index (κ1) is 17.3. The van der Waals surface area contributed by atoms with E-state index >= 15 is 0 Å². The third kappa shape index (κ3) is 3.29. The van der Waals surface area contributed by atoms with Gasteiger partial charge in [-0.05, 0) is 45.0 Å². The average molecular weight is 370 g/mol. The van der Waals surface area contributed by atoms with Crippen molar-refractivity contribution >= 4 is 22.9 Å². The molecule has 0 spiro atoms. The highest BCUT2D eigenvalue weighted by Gasteiger charge is 2.25. The zero-order valence-electron chi connectivity index (χ0n) is 15.5. The summed E-state index contributed by atoms with van der Waals surface area (Å²) in [5.74, 6) is 0. The third-order valence-electron chi connectivity index (χ3n) is 5.09. The quantitative estimate of drug-likeness (QED) is 0.684. The molecule has 0 N–H and O–H groups in total. The second kappa shape index (κ2) is 6.56. The van der Waals surface area contributed by atoms with Gasteiger partial charge < -0.3 is 4.90 Å². The molecule has 2 aromatic heterocycles. The maximum Gasteiger partial charge on any atom is 0.154 e. The van der Waals surface area contributed by atoms with Crippen LogP contribution < -0.4 is 4.90 Å². The zero-order valence-corrected chi connectivity index (χ0v) is 16.2. The van der Waals surface area contributed by atoms with Gasteiger partial charge in [0.2, 0.25) is 0 Å². The Morgan fingerprint density at radius 1 is 0.923 bits per heavy atom. The molecule has 0 amide bonds. The van der Waals surface area contributed by atoms with E-state index in [1.165, 1.54) is 5.69 Å². The van der Waals surface area contributed by atoms with Crippen LogP contribution in [0.3, 0.4) is 0 Å². The predicted molar refractivity (Wildman–Crippen MR) is 107 cm³/mol. The van der Waals surface area contributed by atoms with Crippen LogP contribution >= 0.6 is 11.6 Å². The molecular formula is C20H24ClN5. The molecular weight excluding hydrogens is 346 g/mol. The number of hydrogen-bond acceptors (Lipinski definition) is 4. The predicted octanol–water partition coefficient (Wildman–Crippen LogP) is 3.97. The minimum Gasteiger partial charge on any atom is -0.369 e. The van der Waals surface area contributed by atoms with E-state index in [1.54, 1.807) is 10.6 Å². The number of imidazole rings is 1. The second-order valence-corrected chi connectivity index (χ2v) is 8.15. The first-order chi connectivity index (χ1) is 12.4. The lowest BCUT2D eigenvalue weighted by atomic mass is 10.0. The number of hydrogen-bond donors (Lipinski definition) is 0. The maximum atomic E-state index is 6.04. The van der Waals surface area contributed by atoms with Gasteiger partial charge in [-0.2, -0.15) is 5.10 Å². The molecule has 0 radical (unpaired) electrons. The summed E-state index contributed by atoms with van der Waals surface area (Å²) in [6.07, 6.45) is 1.84. The number of aromatic nitrogens is 3. The fourth-order valence-corrected chi connectivity index (χ4v) is 3.66. The number of piperazine rings is 1. The molecule has 5 nitrogen and oxygen atoms in total. The molecule has 0 bridgehead atoms. The van der Waals surface area contributed by atoms with Gasteiger partial charge in [0.05, 0.1) is 11.9 Å². The number of halogens is 1. The van der Waals surface area contributed by atoms with Crippen LogP contribution in [-0.2, 0) is 0 Å². The lowest BCUT2D eigenvalue weighted by Crippen LogP contribution is -2.53. The van der Waals surface area contributed by atoms with Gasteiger partial charge in [0, 0.05) is 43.0 Å². The van der Waals surface area contributed by atoms with Gasteiger partial charge in [0.25, 0.3) is 0 Å². The van der Waals surface area contributed by atoms with Crippen molar-refractivity contribution in [3.8, 4) is 11.3 Å². The molecule has 6 heteroatoms. The lowest BCUT2D eigenvalue weighted by molar-refractivity contribution is 0.128. The van der Waals surface area contributed by atoms with Gasteiger partial charge in [0.1, 0.15) is 5.15 Å². The summed E-state index contributed by atoms with van der Waals surface area (Å²) >= 11 is 6.04. The van der Waals surface area contributed by atoms with Crippen LogP contribution in [0.4, 0.5) is 5.69 Å². The molecule has 0 atom stereocenters. The molecule has 3 aromatic rings.